The van der Waals surface area contributed by atoms with E-state index in [1.807, 2.05) is 18.3 Å². The number of ether oxygens (including phenoxy) is 1. The van der Waals surface area contributed by atoms with Crippen LogP contribution in [0.3, 0.4) is 0 Å². The predicted octanol–water partition coefficient (Wildman–Crippen LogP) is 2.70. The number of pyridine rings is 1. The van der Waals surface area contributed by atoms with Gasteiger partial charge in [0.25, 0.3) is 0 Å². The van der Waals surface area contributed by atoms with Gasteiger partial charge in [0, 0.05) is 45.2 Å². The average Bonchev–Trinajstić information content (AvgIpc) is 3.29. The topological polar surface area (TPSA) is 41.7 Å². The first-order chi connectivity index (χ1) is 12.3. The molecule has 4 rings (SSSR count). The lowest BCUT2D eigenvalue weighted by Gasteiger charge is -2.31. The summed E-state index contributed by atoms with van der Waals surface area (Å²) < 4.78 is 11.0. The van der Waals surface area contributed by atoms with Crippen LogP contribution >= 0.6 is 0 Å². The molecule has 0 spiro atoms. The number of fused-ring (bicyclic) bond motifs is 1. The van der Waals surface area contributed by atoms with Crippen molar-refractivity contribution in [3.8, 4) is 0 Å². The maximum atomic E-state index is 5.52. The van der Waals surface area contributed by atoms with Crippen LogP contribution in [0.25, 0.3) is 0 Å². The highest BCUT2D eigenvalue weighted by Crippen LogP contribution is 2.25. The van der Waals surface area contributed by atoms with E-state index in [9.17, 15) is 0 Å². The van der Waals surface area contributed by atoms with Gasteiger partial charge in [-0.25, -0.2) is 0 Å². The van der Waals surface area contributed by atoms with E-state index in [0.29, 0.717) is 5.92 Å². The fourth-order valence-corrected chi connectivity index (χ4v) is 4.03. The number of nitrogens with zero attached hydrogens (tertiary/aromatic N) is 3. The Hall–Kier alpha value is -1.69. The van der Waals surface area contributed by atoms with Crippen molar-refractivity contribution >= 4 is 0 Å². The second kappa shape index (κ2) is 7.68. The molecule has 0 saturated carbocycles. The number of aromatic nitrogens is 1. The van der Waals surface area contributed by atoms with Crippen molar-refractivity contribution in [1.29, 1.82) is 0 Å². The van der Waals surface area contributed by atoms with E-state index in [-0.39, 0.29) is 0 Å². The fourth-order valence-electron chi connectivity index (χ4n) is 4.03. The van der Waals surface area contributed by atoms with Gasteiger partial charge in [0.05, 0.1) is 19.4 Å². The minimum Gasteiger partial charge on any atom is -0.468 e. The molecular weight excluding hydrogens is 314 g/mol. The molecule has 0 aromatic carbocycles. The molecule has 1 saturated heterocycles. The van der Waals surface area contributed by atoms with Crippen LogP contribution in [0, 0.1) is 5.92 Å². The van der Waals surface area contributed by atoms with Crippen LogP contribution in [0.2, 0.25) is 0 Å². The van der Waals surface area contributed by atoms with Crippen molar-refractivity contribution in [2.24, 2.45) is 5.92 Å². The van der Waals surface area contributed by atoms with Crippen LogP contribution in [0.5, 0.6) is 0 Å². The molecule has 25 heavy (non-hydrogen) atoms. The van der Waals surface area contributed by atoms with Gasteiger partial charge in [0.15, 0.2) is 0 Å². The second-order valence-electron chi connectivity index (χ2n) is 7.40. The van der Waals surface area contributed by atoms with Crippen LogP contribution in [0.15, 0.2) is 35.2 Å². The van der Waals surface area contributed by atoms with Crippen molar-refractivity contribution in [1.82, 2.24) is 14.8 Å². The molecule has 0 radical (unpaired) electrons. The lowest BCUT2D eigenvalue weighted by molar-refractivity contribution is 0.161. The van der Waals surface area contributed by atoms with Gasteiger partial charge in [-0.05, 0) is 54.6 Å². The molecule has 0 amide bonds. The number of furan rings is 1. The summed E-state index contributed by atoms with van der Waals surface area (Å²) >= 11 is 0. The molecular formula is C20H27N3O2. The first-order valence-corrected chi connectivity index (χ1v) is 9.23. The molecule has 2 aromatic heterocycles. The third-order valence-electron chi connectivity index (χ3n) is 5.29. The van der Waals surface area contributed by atoms with Crippen molar-refractivity contribution in [3.63, 3.8) is 0 Å². The first-order valence-electron chi connectivity index (χ1n) is 9.23. The third-order valence-corrected chi connectivity index (χ3v) is 5.29. The summed E-state index contributed by atoms with van der Waals surface area (Å²) in [5.41, 5.74) is 4.25. The quantitative estimate of drug-likeness (QED) is 0.808. The van der Waals surface area contributed by atoms with Gasteiger partial charge in [-0.15, -0.1) is 0 Å². The third kappa shape index (κ3) is 4.11. The van der Waals surface area contributed by atoms with Gasteiger partial charge in [0.2, 0.25) is 0 Å². The van der Waals surface area contributed by atoms with Crippen LogP contribution in [-0.4, -0.2) is 48.1 Å². The van der Waals surface area contributed by atoms with Gasteiger partial charge < -0.3 is 9.15 Å². The van der Waals surface area contributed by atoms with Crippen LogP contribution < -0.4 is 0 Å². The summed E-state index contributed by atoms with van der Waals surface area (Å²) in [6, 6.07) is 3.97. The highest BCUT2D eigenvalue weighted by molar-refractivity contribution is 5.34. The van der Waals surface area contributed by atoms with Crippen LogP contribution in [0.1, 0.15) is 28.9 Å². The minimum absolute atomic E-state index is 0.706. The standard InChI is InChI=1S/C20H27N3O2/c1-22(14-19-3-2-7-25-19)12-17-9-21-10-18-13-23(6-4-20(17)18)11-16-5-8-24-15-16/h2-3,7,9-10,16H,4-6,8,11-15H2,1H3/t16-/m1/s1. The van der Waals surface area contributed by atoms with Gasteiger partial charge in [0.1, 0.15) is 5.76 Å². The van der Waals surface area contributed by atoms with E-state index in [4.69, 9.17) is 9.15 Å². The van der Waals surface area contributed by atoms with E-state index >= 15 is 0 Å². The van der Waals surface area contributed by atoms with E-state index in [2.05, 4.69) is 28.0 Å². The van der Waals surface area contributed by atoms with Crippen LogP contribution in [-0.2, 0) is 30.8 Å². The van der Waals surface area contributed by atoms with E-state index in [0.717, 1.165) is 58.1 Å². The molecule has 0 bridgehead atoms. The Balaban J connectivity index is 1.40. The molecule has 2 aromatic rings. The molecule has 5 heteroatoms. The molecule has 0 N–H and O–H groups in total. The maximum absolute atomic E-state index is 5.52. The molecule has 0 aliphatic carbocycles. The maximum Gasteiger partial charge on any atom is 0.117 e. The van der Waals surface area contributed by atoms with Crippen molar-refractivity contribution in [3.05, 3.63) is 53.2 Å². The molecule has 2 aliphatic rings. The summed E-state index contributed by atoms with van der Waals surface area (Å²) in [7, 11) is 2.14. The predicted molar refractivity (Wildman–Crippen MR) is 96.0 cm³/mol. The molecule has 5 nitrogen and oxygen atoms in total. The van der Waals surface area contributed by atoms with Crippen LogP contribution in [0.4, 0.5) is 0 Å². The zero-order valence-electron chi connectivity index (χ0n) is 15.0. The largest absolute Gasteiger partial charge is 0.468 e. The Kier molecular flexibility index (Phi) is 5.15. The second-order valence-corrected chi connectivity index (χ2v) is 7.40. The zero-order chi connectivity index (χ0) is 17.1. The molecule has 4 heterocycles. The van der Waals surface area contributed by atoms with E-state index in [1.165, 1.54) is 23.1 Å². The Morgan fingerprint density at radius 1 is 1.32 bits per heavy atom. The smallest absolute Gasteiger partial charge is 0.117 e. The average molecular weight is 341 g/mol. The van der Waals surface area contributed by atoms with Crippen molar-refractivity contribution < 1.29 is 9.15 Å². The SMILES string of the molecule is CN(Cc1ccco1)Cc1cncc2c1CCN(C[C@H]1CCOC1)C2. The summed E-state index contributed by atoms with van der Waals surface area (Å²) in [4.78, 5) is 9.37. The Morgan fingerprint density at radius 2 is 2.28 bits per heavy atom. The molecule has 1 fully saturated rings. The number of hydrogen-bond acceptors (Lipinski definition) is 5. The molecule has 134 valence electrons. The van der Waals surface area contributed by atoms with Crippen molar-refractivity contribution in [2.75, 3.05) is 33.4 Å². The Bertz CT molecular complexity index is 680. The molecule has 1 atom stereocenters. The van der Waals surface area contributed by atoms with Gasteiger partial charge in [-0.3, -0.25) is 14.8 Å². The van der Waals surface area contributed by atoms with Gasteiger partial charge >= 0.3 is 0 Å². The lowest BCUT2D eigenvalue weighted by Crippen LogP contribution is -2.35. The monoisotopic (exact) mass is 341 g/mol. The fraction of sp³-hybridized carbons (Fsp3) is 0.550. The van der Waals surface area contributed by atoms with Gasteiger partial charge in [-0.2, -0.15) is 0 Å². The Labute approximate surface area is 149 Å². The summed E-state index contributed by atoms with van der Waals surface area (Å²) in [5.74, 6) is 1.71. The zero-order valence-corrected chi connectivity index (χ0v) is 15.0. The molecule has 2 aliphatic heterocycles. The summed E-state index contributed by atoms with van der Waals surface area (Å²) in [5, 5.41) is 0. The number of hydrogen-bond donors (Lipinski definition) is 0. The first kappa shape index (κ1) is 16.8. The Morgan fingerprint density at radius 3 is 3.08 bits per heavy atom. The van der Waals surface area contributed by atoms with E-state index in [1.54, 1.807) is 6.26 Å². The van der Waals surface area contributed by atoms with Gasteiger partial charge in [-0.1, -0.05) is 0 Å². The highest BCUT2D eigenvalue weighted by atomic mass is 16.5. The minimum atomic E-state index is 0.706. The van der Waals surface area contributed by atoms with Crippen molar-refractivity contribution in [2.45, 2.75) is 32.5 Å². The normalized spacial score (nSPS) is 21.0. The number of rotatable bonds is 6. The summed E-state index contributed by atoms with van der Waals surface area (Å²) in [6.07, 6.45) is 8.16. The lowest BCUT2D eigenvalue weighted by atomic mass is 9.96. The highest BCUT2D eigenvalue weighted by Gasteiger charge is 2.24. The van der Waals surface area contributed by atoms with E-state index < -0.39 is 0 Å². The molecule has 0 unspecified atom stereocenters. The summed E-state index contributed by atoms with van der Waals surface area (Å²) in [6.45, 7) is 6.92.